The number of alkyl halides is 2. The van der Waals surface area contributed by atoms with Gasteiger partial charge in [-0.05, 0) is 18.6 Å². The van der Waals surface area contributed by atoms with E-state index in [1.807, 2.05) is 12.1 Å². The van der Waals surface area contributed by atoms with Crippen LogP contribution < -0.4 is 5.32 Å². The van der Waals surface area contributed by atoms with E-state index in [9.17, 15) is 13.6 Å². The van der Waals surface area contributed by atoms with Crippen molar-refractivity contribution in [3.05, 3.63) is 29.8 Å². The molecule has 0 radical (unpaired) electrons. The molecule has 0 bridgehead atoms. The van der Waals surface area contributed by atoms with Gasteiger partial charge in [0.1, 0.15) is 0 Å². The monoisotopic (exact) mass is 256 g/mol. The normalized spacial score (nSPS) is 12.3. The predicted octanol–water partition coefficient (Wildman–Crippen LogP) is 2.73. The van der Waals surface area contributed by atoms with Gasteiger partial charge in [0.05, 0.1) is 6.04 Å². The second-order valence-electron chi connectivity index (χ2n) is 4.30. The number of benzene rings is 1. The van der Waals surface area contributed by atoms with E-state index in [2.05, 4.69) is 5.32 Å². The summed E-state index contributed by atoms with van der Waals surface area (Å²) in [5.74, 6) is -0.0632. The largest absolute Gasteiger partial charge is 0.377 e. The van der Waals surface area contributed by atoms with Crippen LogP contribution in [0.2, 0.25) is 0 Å². The summed E-state index contributed by atoms with van der Waals surface area (Å²) in [5, 5.41) is 2.77. The Morgan fingerprint density at radius 2 is 2.00 bits per heavy atom. The van der Waals surface area contributed by atoms with Crippen molar-refractivity contribution in [2.75, 3.05) is 12.4 Å². The lowest BCUT2D eigenvalue weighted by Gasteiger charge is -2.20. The summed E-state index contributed by atoms with van der Waals surface area (Å²) in [6, 6.07) is 6.23. The first-order chi connectivity index (χ1) is 8.41. The Kier molecular flexibility index (Phi) is 5.07. The molecule has 0 spiro atoms. The van der Waals surface area contributed by atoms with E-state index >= 15 is 0 Å². The van der Waals surface area contributed by atoms with Gasteiger partial charge >= 0.3 is 0 Å². The molecule has 1 N–H and O–H groups in total. The summed E-state index contributed by atoms with van der Waals surface area (Å²) in [4.78, 5) is 12.7. The molecule has 100 valence electrons. The smallest absolute Gasteiger partial charge is 0.258 e. The second-order valence-corrected chi connectivity index (χ2v) is 4.30. The third-order valence-electron chi connectivity index (χ3n) is 2.72. The first-order valence-electron chi connectivity index (χ1n) is 5.76. The molecule has 0 saturated carbocycles. The molecule has 0 aromatic heterocycles. The highest BCUT2D eigenvalue weighted by atomic mass is 19.3. The minimum atomic E-state index is -2.43. The molecule has 5 heteroatoms. The maximum absolute atomic E-state index is 12.5. The Balaban J connectivity index is 2.82. The Morgan fingerprint density at radius 3 is 2.56 bits per heavy atom. The van der Waals surface area contributed by atoms with Crippen LogP contribution in [0.3, 0.4) is 0 Å². The van der Waals surface area contributed by atoms with Gasteiger partial charge in [-0.25, -0.2) is 8.78 Å². The fraction of sp³-hybridized carbons (Fsp3) is 0.462. The maximum atomic E-state index is 12.5. The van der Waals surface area contributed by atoms with Crippen molar-refractivity contribution in [3.63, 3.8) is 0 Å². The molecule has 0 aliphatic rings. The van der Waals surface area contributed by atoms with Crippen molar-refractivity contribution in [1.82, 2.24) is 4.90 Å². The number of hydrogen-bond donors (Lipinski definition) is 1. The van der Waals surface area contributed by atoms with Gasteiger partial charge < -0.3 is 10.2 Å². The molecule has 0 heterocycles. The number of carbonyl (C=O) groups excluding carboxylic acids is 1. The SMILES string of the molecule is CC(=O)N(C)Cc1ccccc1NC(C)C(F)F. The van der Waals surface area contributed by atoms with Crippen LogP contribution in [0.15, 0.2) is 24.3 Å². The van der Waals surface area contributed by atoms with E-state index < -0.39 is 12.5 Å². The maximum Gasteiger partial charge on any atom is 0.258 e. The Morgan fingerprint density at radius 1 is 1.39 bits per heavy atom. The highest BCUT2D eigenvalue weighted by Gasteiger charge is 2.16. The summed E-state index contributed by atoms with van der Waals surface area (Å²) in [7, 11) is 1.68. The number of nitrogens with zero attached hydrogens (tertiary/aromatic N) is 1. The second kappa shape index (κ2) is 6.33. The van der Waals surface area contributed by atoms with Crippen LogP contribution in [0, 0.1) is 0 Å². The molecule has 1 aromatic rings. The van der Waals surface area contributed by atoms with Crippen LogP contribution in [0.5, 0.6) is 0 Å². The van der Waals surface area contributed by atoms with Crippen molar-refractivity contribution in [3.8, 4) is 0 Å². The zero-order valence-corrected chi connectivity index (χ0v) is 10.8. The lowest BCUT2D eigenvalue weighted by atomic mass is 10.1. The molecule has 1 unspecified atom stereocenters. The zero-order valence-electron chi connectivity index (χ0n) is 10.8. The zero-order chi connectivity index (χ0) is 13.7. The van der Waals surface area contributed by atoms with Crippen molar-refractivity contribution >= 4 is 11.6 Å². The van der Waals surface area contributed by atoms with E-state index in [0.717, 1.165) is 5.56 Å². The van der Waals surface area contributed by atoms with Gasteiger partial charge in [-0.2, -0.15) is 0 Å². The molecule has 0 fully saturated rings. The van der Waals surface area contributed by atoms with Crippen molar-refractivity contribution in [2.24, 2.45) is 0 Å². The van der Waals surface area contributed by atoms with Crippen LogP contribution in [-0.2, 0) is 11.3 Å². The molecule has 0 aliphatic heterocycles. The molecule has 0 aliphatic carbocycles. The quantitative estimate of drug-likeness (QED) is 0.878. The van der Waals surface area contributed by atoms with E-state index in [4.69, 9.17) is 0 Å². The number of carbonyl (C=O) groups is 1. The topological polar surface area (TPSA) is 32.3 Å². The molecular weight excluding hydrogens is 238 g/mol. The molecule has 18 heavy (non-hydrogen) atoms. The highest BCUT2D eigenvalue weighted by molar-refractivity contribution is 5.73. The van der Waals surface area contributed by atoms with Gasteiger partial charge in [0.2, 0.25) is 5.91 Å². The number of nitrogens with one attached hydrogen (secondary N) is 1. The third-order valence-corrected chi connectivity index (χ3v) is 2.72. The van der Waals surface area contributed by atoms with Crippen molar-refractivity contribution < 1.29 is 13.6 Å². The van der Waals surface area contributed by atoms with Crippen LogP contribution in [-0.4, -0.2) is 30.3 Å². The molecule has 1 atom stereocenters. The van der Waals surface area contributed by atoms with Gasteiger partial charge in [-0.15, -0.1) is 0 Å². The number of hydrogen-bond acceptors (Lipinski definition) is 2. The lowest BCUT2D eigenvalue weighted by molar-refractivity contribution is -0.128. The number of anilines is 1. The van der Waals surface area contributed by atoms with Gasteiger partial charge in [0, 0.05) is 26.2 Å². The van der Waals surface area contributed by atoms with Crippen molar-refractivity contribution in [2.45, 2.75) is 32.9 Å². The minimum Gasteiger partial charge on any atom is -0.377 e. The van der Waals surface area contributed by atoms with Gasteiger partial charge in [-0.1, -0.05) is 18.2 Å². The molecular formula is C13H18F2N2O. The first kappa shape index (κ1) is 14.4. The summed E-state index contributed by atoms with van der Waals surface area (Å²) in [6.07, 6.45) is -2.43. The molecule has 1 amide bonds. The van der Waals surface area contributed by atoms with E-state index in [-0.39, 0.29) is 5.91 Å². The standard InChI is InChI=1S/C13H18F2N2O/c1-9(13(14)15)16-12-7-5-4-6-11(12)8-17(3)10(2)18/h4-7,9,13,16H,8H2,1-3H3. The number of halogens is 2. The van der Waals surface area contributed by atoms with E-state index in [0.29, 0.717) is 12.2 Å². The fourth-order valence-corrected chi connectivity index (χ4v) is 1.47. The molecule has 1 rings (SSSR count). The van der Waals surface area contributed by atoms with Crippen LogP contribution in [0.25, 0.3) is 0 Å². The van der Waals surface area contributed by atoms with E-state index in [1.54, 1.807) is 19.2 Å². The molecule has 1 aromatic carbocycles. The lowest BCUT2D eigenvalue weighted by Crippen LogP contribution is -2.27. The minimum absolute atomic E-state index is 0.0632. The van der Waals surface area contributed by atoms with Gasteiger partial charge in [-0.3, -0.25) is 4.79 Å². The molecule has 3 nitrogen and oxygen atoms in total. The Hall–Kier alpha value is -1.65. The van der Waals surface area contributed by atoms with Crippen LogP contribution >= 0.6 is 0 Å². The van der Waals surface area contributed by atoms with Gasteiger partial charge in [0.25, 0.3) is 6.43 Å². The number of para-hydroxylation sites is 1. The van der Waals surface area contributed by atoms with Gasteiger partial charge in [0.15, 0.2) is 0 Å². The van der Waals surface area contributed by atoms with Crippen molar-refractivity contribution in [1.29, 1.82) is 0 Å². The summed E-state index contributed by atoms with van der Waals surface area (Å²) < 4.78 is 25.0. The number of rotatable bonds is 5. The highest BCUT2D eigenvalue weighted by Crippen LogP contribution is 2.19. The van der Waals surface area contributed by atoms with Crippen LogP contribution in [0.4, 0.5) is 14.5 Å². The fourth-order valence-electron chi connectivity index (χ4n) is 1.47. The van der Waals surface area contributed by atoms with E-state index in [1.165, 1.54) is 18.7 Å². The summed E-state index contributed by atoms with van der Waals surface area (Å²) >= 11 is 0. The molecule has 0 saturated heterocycles. The predicted molar refractivity (Wildman–Crippen MR) is 67.7 cm³/mol. The Labute approximate surface area is 106 Å². The Bertz CT molecular complexity index is 410. The average molecular weight is 256 g/mol. The summed E-state index contributed by atoms with van der Waals surface area (Å²) in [6.45, 7) is 3.29. The summed E-state index contributed by atoms with van der Waals surface area (Å²) in [5.41, 5.74) is 1.46. The van der Waals surface area contributed by atoms with Crippen LogP contribution in [0.1, 0.15) is 19.4 Å². The average Bonchev–Trinajstić information content (AvgIpc) is 2.31. The first-order valence-corrected chi connectivity index (χ1v) is 5.76. The number of amides is 1. The third kappa shape index (κ3) is 3.98.